The molecule has 0 saturated heterocycles. The zero-order valence-corrected chi connectivity index (χ0v) is 21.7. The number of hydrogen-bond donors (Lipinski definition) is 2. The van der Waals surface area contributed by atoms with Gasteiger partial charge in [-0.05, 0) is 73.0 Å². The molecular weight excluding hydrogens is 508 g/mol. The van der Waals surface area contributed by atoms with Gasteiger partial charge >= 0.3 is 0 Å². The molecule has 38 heavy (non-hydrogen) atoms. The van der Waals surface area contributed by atoms with Gasteiger partial charge in [0.05, 0.1) is 7.11 Å². The van der Waals surface area contributed by atoms with Crippen LogP contribution in [0.5, 0.6) is 23.0 Å². The van der Waals surface area contributed by atoms with Gasteiger partial charge in [0, 0.05) is 22.3 Å². The first-order valence-corrected chi connectivity index (χ1v) is 13.0. The van der Waals surface area contributed by atoms with E-state index in [1.807, 2.05) is 0 Å². The first kappa shape index (κ1) is 25.7. The Bertz CT molecular complexity index is 1320. The Kier molecular flexibility index (Phi) is 7.60. The van der Waals surface area contributed by atoms with Crippen LogP contribution in [0.15, 0.2) is 60.7 Å². The van der Waals surface area contributed by atoms with Gasteiger partial charge in [0.1, 0.15) is 19.3 Å². The van der Waals surface area contributed by atoms with Gasteiger partial charge < -0.3 is 24.6 Å². The number of anilines is 1. The molecule has 0 spiro atoms. The van der Waals surface area contributed by atoms with Crippen LogP contribution in [0, 0.1) is 0 Å². The molecule has 3 aromatic rings. The summed E-state index contributed by atoms with van der Waals surface area (Å²) in [5.74, 6) is 0.417. The number of phenolic OH excluding ortho intramolecular Hbond substituents is 1. The fraction of sp³-hybridized carbons (Fsp3) is 0.310. The van der Waals surface area contributed by atoms with E-state index in [0.717, 1.165) is 25.7 Å². The Morgan fingerprint density at radius 2 is 1.71 bits per heavy atom. The minimum atomic E-state index is -1.06. The normalized spacial score (nSPS) is 15.5. The predicted molar refractivity (Wildman–Crippen MR) is 143 cm³/mol. The zero-order valence-electron chi connectivity index (χ0n) is 21.0. The number of nitrogens with one attached hydrogen (secondary N) is 1. The third-order valence-electron chi connectivity index (χ3n) is 6.84. The number of rotatable bonds is 7. The maximum absolute atomic E-state index is 14.2. The van der Waals surface area contributed by atoms with E-state index in [0.29, 0.717) is 46.5 Å². The number of hydrogen-bond acceptors (Lipinski definition) is 6. The highest BCUT2D eigenvalue weighted by Crippen LogP contribution is 2.37. The van der Waals surface area contributed by atoms with Crippen LogP contribution >= 0.6 is 11.6 Å². The van der Waals surface area contributed by atoms with Crippen LogP contribution in [0.2, 0.25) is 5.02 Å². The van der Waals surface area contributed by atoms with Crippen LogP contribution < -0.4 is 24.4 Å². The SMILES string of the molecule is COc1cc([C@@H](C(=O)NC2CCCC2)N(C(=O)c2ccc3c(c2)OCCO3)c2ccc(Cl)cc2)ccc1O. The summed E-state index contributed by atoms with van der Waals surface area (Å²) >= 11 is 6.16. The van der Waals surface area contributed by atoms with Gasteiger partial charge in [0.2, 0.25) is 5.91 Å². The largest absolute Gasteiger partial charge is 0.504 e. The highest BCUT2D eigenvalue weighted by Gasteiger charge is 2.36. The summed E-state index contributed by atoms with van der Waals surface area (Å²) in [5, 5.41) is 13.9. The number of aromatic hydroxyl groups is 1. The second kappa shape index (κ2) is 11.2. The summed E-state index contributed by atoms with van der Waals surface area (Å²) in [4.78, 5) is 29.6. The molecule has 1 heterocycles. The molecule has 8 nitrogen and oxygen atoms in total. The van der Waals surface area contributed by atoms with Gasteiger partial charge in [-0.2, -0.15) is 0 Å². The van der Waals surface area contributed by atoms with Gasteiger partial charge in [-0.3, -0.25) is 14.5 Å². The molecule has 0 radical (unpaired) electrons. The molecule has 5 rings (SSSR count). The lowest BCUT2D eigenvalue weighted by Gasteiger charge is -2.33. The molecule has 1 saturated carbocycles. The Morgan fingerprint density at radius 1 is 1.00 bits per heavy atom. The number of carbonyl (C=O) groups excluding carboxylic acids is 2. The summed E-state index contributed by atoms with van der Waals surface area (Å²) in [7, 11) is 1.43. The summed E-state index contributed by atoms with van der Waals surface area (Å²) in [6.07, 6.45) is 3.85. The molecule has 0 bridgehead atoms. The number of methoxy groups -OCH3 is 1. The molecule has 9 heteroatoms. The van der Waals surface area contributed by atoms with Crippen LogP contribution in [0.3, 0.4) is 0 Å². The highest BCUT2D eigenvalue weighted by atomic mass is 35.5. The fourth-order valence-corrected chi connectivity index (χ4v) is 5.06. The zero-order chi connectivity index (χ0) is 26.6. The highest BCUT2D eigenvalue weighted by molar-refractivity contribution is 6.30. The number of fused-ring (bicyclic) bond motifs is 1. The molecule has 1 aliphatic heterocycles. The van der Waals surface area contributed by atoms with Gasteiger partial charge in [0.15, 0.2) is 23.0 Å². The maximum atomic E-state index is 14.2. The first-order valence-electron chi connectivity index (χ1n) is 12.6. The van der Waals surface area contributed by atoms with Crippen LogP contribution in [-0.2, 0) is 4.79 Å². The average molecular weight is 537 g/mol. The Balaban J connectivity index is 1.62. The Labute approximate surface area is 226 Å². The summed E-state index contributed by atoms with van der Waals surface area (Å²) in [6.45, 7) is 0.814. The van der Waals surface area contributed by atoms with Crippen molar-refractivity contribution in [3.63, 3.8) is 0 Å². The summed E-state index contributed by atoms with van der Waals surface area (Å²) < 4.78 is 16.6. The van der Waals surface area contributed by atoms with Crippen molar-refractivity contribution in [1.82, 2.24) is 5.32 Å². The van der Waals surface area contributed by atoms with Crippen molar-refractivity contribution in [3.05, 3.63) is 76.8 Å². The van der Waals surface area contributed by atoms with Crippen molar-refractivity contribution in [2.75, 3.05) is 25.2 Å². The third-order valence-corrected chi connectivity index (χ3v) is 7.09. The molecule has 1 fully saturated rings. The van der Waals surface area contributed by atoms with Crippen molar-refractivity contribution in [2.24, 2.45) is 0 Å². The molecule has 198 valence electrons. The molecule has 0 aromatic heterocycles. The lowest BCUT2D eigenvalue weighted by atomic mass is 10.00. The number of nitrogens with zero attached hydrogens (tertiary/aromatic N) is 1. The van der Waals surface area contributed by atoms with Gasteiger partial charge in [-0.1, -0.05) is 30.5 Å². The van der Waals surface area contributed by atoms with Crippen molar-refractivity contribution in [1.29, 1.82) is 0 Å². The molecule has 1 aliphatic carbocycles. The topological polar surface area (TPSA) is 97.3 Å². The number of amides is 2. The summed E-state index contributed by atoms with van der Waals surface area (Å²) in [6, 6.07) is 15.3. The maximum Gasteiger partial charge on any atom is 0.259 e. The quantitative estimate of drug-likeness (QED) is 0.427. The van der Waals surface area contributed by atoms with Gasteiger partial charge in [0.25, 0.3) is 5.91 Å². The lowest BCUT2D eigenvalue weighted by molar-refractivity contribution is -0.123. The van der Waals surface area contributed by atoms with Gasteiger partial charge in [-0.15, -0.1) is 0 Å². The second-order valence-electron chi connectivity index (χ2n) is 9.33. The van der Waals surface area contributed by atoms with Crippen molar-refractivity contribution in [3.8, 4) is 23.0 Å². The molecule has 2 aliphatic rings. The molecule has 0 unspecified atom stereocenters. The van der Waals surface area contributed by atoms with E-state index < -0.39 is 11.9 Å². The van der Waals surface area contributed by atoms with E-state index in [2.05, 4.69) is 5.32 Å². The number of benzene rings is 3. The smallest absolute Gasteiger partial charge is 0.259 e. The first-order chi connectivity index (χ1) is 18.4. The summed E-state index contributed by atoms with van der Waals surface area (Å²) in [5.41, 5.74) is 1.29. The fourth-order valence-electron chi connectivity index (χ4n) is 4.93. The number of carbonyl (C=O) groups is 2. The minimum absolute atomic E-state index is 0.0282. The van der Waals surface area contributed by atoms with Crippen LogP contribution in [0.1, 0.15) is 47.6 Å². The average Bonchev–Trinajstić information content (AvgIpc) is 3.45. The van der Waals surface area contributed by atoms with E-state index in [9.17, 15) is 14.7 Å². The van der Waals surface area contributed by atoms with E-state index >= 15 is 0 Å². The Morgan fingerprint density at radius 3 is 2.42 bits per heavy atom. The molecule has 3 aromatic carbocycles. The van der Waals surface area contributed by atoms with Crippen LogP contribution in [0.4, 0.5) is 5.69 Å². The van der Waals surface area contributed by atoms with E-state index in [4.69, 9.17) is 25.8 Å². The van der Waals surface area contributed by atoms with Crippen LogP contribution in [-0.4, -0.2) is 43.3 Å². The minimum Gasteiger partial charge on any atom is -0.504 e. The van der Waals surface area contributed by atoms with Crippen molar-refractivity contribution < 1.29 is 28.9 Å². The third kappa shape index (κ3) is 5.36. The molecule has 1 atom stereocenters. The monoisotopic (exact) mass is 536 g/mol. The van der Waals surface area contributed by atoms with Gasteiger partial charge in [-0.25, -0.2) is 0 Å². The standard InChI is InChI=1S/C29H29ClN2O6/c1-36-25-16-18(6-12-23(25)33)27(28(34)31-21-4-2-3-5-21)32(22-10-8-20(30)9-11-22)29(35)19-7-13-24-26(17-19)38-15-14-37-24/h6-13,16-17,21,27,33H,2-5,14-15H2,1H3,(H,31,34)/t27-/m0/s1. The lowest BCUT2D eigenvalue weighted by Crippen LogP contribution is -2.46. The van der Waals surface area contributed by atoms with Crippen LogP contribution in [0.25, 0.3) is 0 Å². The predicted octanol–water partition coefficient (Wildman–Crippen LogP) is 5.27. The molecule has 2 N–H and O–H groups in total. The number of halogens is 1. The molecular formula is C29H29ClN2O6. The molecule has 2 amide bonds. The van der Waals surface area contributed by atoms with E-state index in [1.54, 1.807) is 54.6 Å². The van der Waals surface area contributed by atoms with Crippen molar-refractivity contribution in [2.45, 2.75) is 37.8 Å². The second-order valence-corrected chi connectivity index (χ2v) is 9.77. The number of phenols is 1. The Hall–Kier alpha value is -3.91. The van der Waals surface area contributed by atoms with E-state index in [1.165, 1.54) is 18.1 Å². The number of ether oxygens (including phenoxy) is 3. The van der Waals surface area contributed by atoms with Crippen molar-refractivity contribution >= 4 is 29.1 Å². The van der Waals surface area contributed by atoms with E-state index in [-0.39, 0.29) is 23.4 Å².